The smallest absolute Gasteiger partial charge is 0.261 e. The van der Waals surface area contributed by atoms with E-state index < -0.39 is 11.0 Å². The number of nitrogen functional groups attached to an aromatic ring is 1. The first-order chi connectivity index (χ1) is 16.7. The molecule has 11 nitrogen and oxygen atoms in total. The molecule has 0 aromatic carbocycles. The van der Waals surface area contributed by atoms with E-state index in [1.54, 1.807) is 37.1 Å². The summed E-state index contributed by atoms with van der Waals surface area (Å²) >= 11 is 0. The van der Waals surface area contributed by atoms with E-state index in [1.807, 2.05) is 18.2 Å². The largest absolute Gasteiger partial charge is 0.389 e. The molecule has 4 aromatic heterocycles. The summed E-state index contributed by atoms with van der Waals surface area (Å²) < 4.78 is 7.26. The van der Waals surface area contributed by atoms with Crippen molar-refractivity contribution in [3.63, 3.8) is 0 Å². The molecular formula is C24H25N9O2. The van der Waals surface area contributed by atoms with Crippen LogP contribution in [-0.4, -0.2) is 45.6 Å². The lowest BCUT2D eigenvalue weighted by Gasteiger charge is -2.26. The predicted molar refractivity (Wildman–Crippen MR) is 125 cm³/mol. The third-order valence-electron chi connectivity index (χ3n) is 6.25. The van der Waals surface area contributed by atoms with Gasteiger partial charge in [-0.1, -0.05) is 11.2 Å². The van der Waals surface area contributed by atoms with Crippen LogP contribution in [0.25, 0.3) is 22.8 Å². The summed E-state index contributed by atoms with van der Waals surface area (Å²) in [4.78, 5) is 17.6. The van der Waals surface area contributed by atoms with Crippen molar-refractivity contribution in [1.29, 1.82) is 5.26 Å². The van der Waals surface area contributed by atoms with Crippen molar-refractivity contribution in [3.8, 4) is 28.9 Å². The van der Waals surface area contributed by atoms with Crippen molar-refractivity contribution >= 4 is 5.82 Å². The Hall–Kier alpha value is -4.17. The number of hydrogen-bond acceptors (Lipinski definition) is 10. The molecule has 0 aliphatic heterocycles. The highest BCUT2D eigenvalue weighted by molar-refractivity contribution is 5.57. The zero-order valence-electron chi connectivity index (χ0n) is 19.7. The van der Waals surface area contributed by atoms with E-state index in [-0.39, 0.29) is 11.5 Å². The monoisotopic (exact) mass is 471 g/mol. The van der Waals surface area contributed by atoms with Crippen LogP contribution < -0.4 is 5.73 Å². The maximum absolute atomic E-state index is 10.0. The van der Waals surface area contributed by atoms with Crippen molar-refractivity contribution in [2.24, 2.45) is 5.92 Å². The Labute approximate surface area is 201 Å². The lowest BCUT2D eigenvalue weighted by Crippen LogP contribution is -2.28. The molecule has 3 N–H and O–H groups in total. The van der Waals surface area contributed by atoms with Gasteiger partial charge in [0.25, 0.3) is 5.89 Å². The topological polar surface area (TPSA) is 165 Å². The zero-order valence-corrected chi connectivity index (χ0v) is 19.7. The van der Waals surface area contributed by atoms with Crippen molar-refractivity contribution in [2.75, 3.05) is 5.73 Å². The van der Waals surface area contributed by atoms with Crippen LogP contribution in [0.2, 0.25) is 0 Å². The number of hydrogen-bond donors (Lipinski definition) is 2. The van der Waals surface area contributed by atoms with E-state index in [0.717, 1.165) is 18.4 Å². The number of anilines is 1. The van der Waals surface area contributed by atoms with E-state index in [1.165, 1.54) is 6.20 Å². The molecule has 0 bridgehead atoms. The average Bonchev–Trinajstić information content (AvgIpc) is 3.39. The molecule has 0 saturated heterocycles. The summed E-state index contributed by atoms with van der Waals surface area (Å²) in [5, 5.41) is 27.8. The molecule has 1 atom stereocenters. The first-order valence-corrected chi connectivity index (χ1v) is 11.3. The van der Waals surface area contributed by atoms with Gasteiger partial charge in [0, 0.05) is 12.4 Å². The first kappa shape index (κ1) is 22.6. The Balaban J connectivity index is 1.44. The quantitative estimate of drug-likeness (QED) is 0.409. The molecule has 1 aliphatic rings. The van der Waals surface area contributed by atoms with Gasteiger partial charge in [0.1, 0.15) is 11.8 Å². The summed E-state index contributed by atoms with van der Waals surface area (Å²) in [6.07, 6.45) is 8.83. The Kier molecular flexibility index (Phi) is 5.33. The summed E-state index contributed by atoms with van der Waals surface area (Å²) in [7, 11) is 0. The second-order valence-electron chi connectivity index (χ2n) is 9.67. The second-order valence-corrected chi connectivity index (χ2v) is 9.67. The van der Waals surface area contributed by atoms with E-state index in [9.17, 15) is 10.4 Å². The highest BCUT2D eigenvalue weighted by Gasteiger charge is 2.47. The fourth-order valence-electron chi connectivity index (χ4n) is 4.17. The van der Waals surface area contributed by atoms with Crippen LogP contribution in [0.3, 0.4) is 0 Å². The minimum absolute atomic E-state index is 0.0707. The number of pyridine rings is 1. The average molecular weight is 472 g/mol. The fraction of sp³-hybridized carbons (Fsp3) is 0.375. The number of rotatable bonds is 7. The molecule has 0 spiro atoms. The molecule has 1 fully saturated rings. The Morgan fingerprint density at radius 3 is 2.60 bits per heavy atom. The SMILES string of the molecule is CC(C)(O)Cn1cc(-c2nc([C@](C)(c3ccc(-c4cnc(N)c(C#N)n4)nc3)C3CC3)no2)cn1. The lowest BCUT2D eigenvalue weighted by atomic mass is 9.77. The van der Waals surface area contributed by atoms with Crippen molar-refractivity contribution in [1.82, 2.24) is 34.9 Å². The fourth-order valence-corrected chi connectivity index (χ4v) is 4.17. The van der Waals surface area contributed by atoms with E-state index in [2.05, 4.69) is 32.1 Å². The summed E-state index contributed by atoms with van der Waals surface area (Å²) in [6.45, 7) is 5.90. The molecule has 178 valence electrons. The minimum Gasteiger partial charge on any atom is -0.389 e. The van der Waals surface area contributed by atoms with Crippen molar-refractivity contribution < 1.29 is 9.63 Å². The van der Waals surface area contributed by atoms with Gasteiger partial charge >= 0.3 is 0 Å². The first-order valence-electron chi connectivity index (χ1n) is 11.3. The molecular weight excluding hydrogens is 446 g/mol. The molecule has 4 heterocycles. The van der Waals surface area contributed by atoms with Crippen molar-refractivity contribution in [2.45, 2.75) is 51.2 Å². The van der Waals surface area contributed by atoms with Gasteiger partial charge in [-0.15, -0.1) is 0 Å². The normalized spacial score (nSPS) is 15.5. The predicted octanol–water partition coefficient (Wildman–Crippen LogP) is 2.73. The maximum Gasteiger partial charge on any atom is 0.261 e. The number of nitrogens with two attached hydrogens (primary N) is 1. The highest BCUT2D eigenvalue weighted by atomic mass is 16.5. The minimum atomic E-state index is -0.888. The lowest BCUT2D eigenvalue weighted by molar-refractivity contribution is 0.0577. The Morgan fingerprint density at radius 1 is 1.14 bits per heavy atom. The molecule has 0 amide bonds. The van der Waals surface area contributed by atoms with Crippen LogP contribution in [-0.2, 0) is 12.0 Å². The highest BCUT2D eigenvalue weighted by Crippen LogP contribution is 2.50. The van der Waals surface area contributed by atoms with Gasteiger partial charge < -0.3 is 15.4 Å². The van der Waals surface area contributed by atoms with Crippen LogP contribution in [0.4, 0.5) is 5.82 Å². The van der Waals surface area contributed by atoms with Crippen LogP contribution in [0, 0.1) is 17.2 Å². The molecule has 4 aromatic rings. The third-order valence-corrected chi connectivity index (χ3v) is 6.25. The third kappa shape index (κ3) is 4.36. The standard InChI is InChI=1S/C24H25N9O2/c1-23(2,34)13-33-12-14(9-29-33)21-31-22(32-35-21)24(3,15-4-5-15)16-6-7-17(27-10-16)19-11-28-20(26)18(8-25)30-19/h6-7,9-12,15,34H,4-5,13H2,1-3H3,(H2,26,28)/t24-/m0/s1. The zero-order chi connectivity index (χ0) is 24.8. The van der Waals surface area contributed by atoms with Gasteiger partial charge in [-0.25, -0.2) is 9.97 Å². The molecule has 11 heteroatoms. The summed E-state index contributed by atoms with van der Waals surface area (Å²) in [6, 6.07) is 5.76. The van der Waals surface area contributed by atoms with E-state index in [4.69, 9.17) is 15.2 Å². The molecule has 1 aliphatic carbocycles. The molecule has 0 unspecified atom stereocenters. The Morgan fingerprint density at radius 2 is 1.94 bits per heavy atom. The summed E-state index contributed by atoms with van der Waals surface area (Å²) in [5.74, 6) is 1.41. The van der Waals surface area contributed by atoms with Gasteiger partial charge in [0.15, 0.2) is 17.3 Å². The van der Waals surface area contributed by atoms with Crippen LogP contribution in [0.15, 0.2) is 41.4 Å². The van der Waals surface area contributed by atoms with Gasteiger partial charge in [-0.05, 0) is 51.2 Å². The Bertz CT molecular complexity index is 1410. The number of nitriles is 1. The van der Waals surface area contributed by atoms with Crippen molar-refractivity contribution in [3.05, 3.63) is 54.0 Å². The van der Waals surface area contributed by atoms with E-state index >= 15 is 0 Å². The second kappa shape index (κ2) is 8.25. The molecule has 5 rings (SSSR count). The van der Waals surface area contributed by atoms with Gasteiger partial charge in [-0.2, -0.15) is 15.3 Å². The van der Waals surface area contributed by atoms with E-state index in [0.29, 0.717) is 41.1 Å². The molecule has 35 heavy (non-hydrogen) atoms. The summed E-state index contributed by atoms with van der Waals surface area (Å²) in [5.41, 5.74) is 7.08. The van der Waals surface area contributed by atoms with Gasteiger partial charge in [0.2, 0.25) is 0 Å². The van der Waals surface area contributed by atoms with Gasteiger partial charge in [0.05, 0.1) is 41.2 Å². The maximum atomic E-state index is 10.0. The van der Waals surface area contributed by atoms with Crippen LogP contribution in [0.1, 0.15) is 50.7 Å². The molecule has 0 radical (unpaired) electrons. The number of aliphatic hydroxyl groups is 1. The molecule has 1 saturated carbocycles. The van der Waals surface area contributed by atoms with Crippen LogP contribution in [0.5, 0.6) is 0 Å². The number of nitrogens with zero attached hydrogens (tertiary/aromatic N) is 8. The number of aromatic nitrogens is 7. The van der Waals surface area contributed by atoms with Crippen LogP contribution >= 0.6 is 0 Å². The van der Waals surface area contributed by atoms with Gasteiger partial charge in [-0.3, -0.25) is 9.67 Å².